The molecule has 0 bridgehead atoms. The van der Waals surface area contributed by atoms with Gasteiger partial charge in [0.15, 0.2) is 0 Å². The molecule has 0 aromatic carbocycles. The van der Waals surface area contributed by atoms with Crippen molar-refractivity contribution in [2.45, 2.75) is 90.6 Å². The molecule has 1 N–H and O–H groups in total. The first kappa shape index (κ1) is 15.8. The van der Waals surface area contributed by atoms with E-state index in [1.807, 2.05) is 0 Å². The zero-order valence-corrected chi connectivity index (χ0v) is 13.5. The molecular formula is C18H31NO. The van der Waals surface area contributed by atoms with Crippen molar-refractivity contribution in [1.82, 2.24) is 0 Å². The maximum Gasteiger partial charge on any atom is 0.0860 e. The number of aliphatic hydroxyl groups is 1. The highest BCUT2D eigenvalue weighted by Crippen LogP contribution is 2.55. The van der Waals surface area contributed by atoms with Crippen molar-refractivity contribution in [1.29, 1.82) is 5.26 Å². The second-order valence-electron chi connectivity index (χ2n) is 8.12. The van der Waals surface area contributed by atoms with Crippen molar-refractivity contribution >= 4 is 0 Å². The zero-order chi connectivity index (χ0) is 14.9. The lowest BCUT2D eigenvalue weighted by Gasteiger charge is -2.51. The topological polar surface area (TPSA) is 44.0 Å². The normalized spacial score (nSPS) is 36.2. The predicted octanol–water partition coefficient (Wildman–Crippen LogP) is 4.82. The molecule has 2 saturated carbocycles. The van der Waals surface area contributed by atoms with Crippen molar-refractivity contribution in [2.24, 2.45) is 16.7 Å². The van der Waals surface area contributed by atoms with Gasteiger partial charge in [0.25, 0.3) is 0 Å². The molecule has 2 fully saturated rings. The van der Waals surface area contributed by atoms with Crippen molar-refractivity contribution in [3.8, 4) is 6.07 Å². The Kier molecular flexibility index (Phi) is 4.50. The smallest absolute Gasteiger partial charge is 0.0860 e. The van der Waals surface area contributed by atoms with Crippen LogP contribution in [0.3, 0.4) is 0 Å². The van der Waals surface area contributed by atoms with Gasteiger partial charge in [-0.2, -0.15) is 5.26 Å². The van der Waals surface area contributed by atoms with E-state index in [9.17, 15) is 10.4 Å². The summed E-state index contributed by atoms with van der Waals surface area (Å²) in [6.07, 6.45) is 10.3. The maximum atomic E-state index is 11.2. The van der Waals surface area contributed by atoms with Gasteiger partial charge in [0, 0.05) is 0 Å². The van der Waals surface area contributed by atoms with E-state index < -0.39 is 11.0 Å². The molecule has 2 aliphatic rings. The largest absolute Gasteiger partial charge is 0.388 e. The molecule has 0 spiro atoms. The summed E-state index contributed by atoms with van der Waals surface area (Å²) in [7, 11) is 0. The highest BCUT2D eigenvalue weighted by atomic mass is 16.3. The van der Waals surface area contributed by atoms with Gasteiger partial charge in [0.05, 0.1) is 17.1 Å². The number of rotatable bonds is 3. The lowest BCUT2D eigenvalue weighted by atomic mass is 9.55. The van der Waals surface area contributed by atoms with Crippen LogP contribution < -0.4 is 0 Å². The van der Waals surface area contributed by atoms with Gasteiger partial charge in [-0.1, -0.05) is 33.6 Å². The highest BCUT2D eigenvalue weighted by molar-refractivity contribution is 5.14. The minimum absolute atomic E-state index is 0.343. The molecule has 2 nitrogen and oxygen atoms in total. The summed E-state index contributed by atoms with van der Waals surface area (Å²) in [4.78, 5) is 0. The summed E-state index contributed by atoms with van der Waals surface area (Å²) in [6, 6.07) is 2.56. The quantitative estimate of drug-likeness (QED) is 0.804. The van der Waals surface area contributed by atoms with Crippen LogP contribution in [0.15, 0.2) is 0 Å². The van der Waals surface area contributed by atoms with Crippen molar-refractivity contribution < 1.29 is 5.11 Å². The van der Waals surface area contributed by atoms with Gasteiger partial charge < -0.3 is 5.11 Å². The van der Waals surface area contributed by atoms with E-state index in [1.54, 1.807) is 0 Å². The molecule has 0 saturated heterocycles. The van der Waals surface area contributed by atoms with Gasteiger partial charge in [-0.3, -0.25) is 0 Å². The molecule has 2 aliphatic carbocycles. The first-order chi connectivity index (χ1) is 9.36. The number of hydrogen-bond acceptors (Lipinski definition) is 2. The Morgan fingerprint density at radius 3 is 2.05 bits per heavy atom. The lowest BCUT2D eigenvalue weighted by molar-refractivity contribution is -0.115. The van der Waals surface area contributed by atoms with E-state index in [-0.39, 0.29) is 0 Å². The van der Waals surface area contributed by atoms with E-state index in [0.29, 0.717) is 5.41 Å². The molecule has 20 heavy (non-hydrogen) atoms. The fraction of sp³-hybridized carbons (Fsp3) is 0.944. The molecule has 0 unspecified atom stereocenters. The van der Waals surface area contributed by atoms with Crippen LogP contribution in [-0.2, 0) is 0 Å². The Morgan fingerprint density at radius 1 is 1.05 bits per heavy atom. The van der Waals surface area contributed by atoms with Crippen LogP contribution in [0.25, 0.3) is 0 Å². The van der Waals surface area contributed by atoms with Crippen LogP contribution in [0.5, 0.6) is 0 Å². The minimum Gasteiger partial charge on any atom is -0.388 e. The molecule has 2 rings (SSSR count). The Bertz CT molecular complexity index is 361. The van der Waals surface area contributed by atoms with E-state index in [0.717, 1.165) is 57.3 Å². The van der Waals surface area contributed by atoms with Crippen LogP contribution in [0.1, 0.15) is 85.0 Å². The van der Waals surface area contributed by atoms with Crippen molar-refractivity contribution in [3.63, 3.8) is 0 Å². The molecule has 0 aliphatic heterocycles. The third-order valence-corrected chi connectivity index (χ3v) is 6.19. The standard InChI is InChI=1S/C18H31NO/c1-4-5-15-6-8-18(20,9-7-15)17(14-19)12-10-16(2,3)11-13-17/h15,20H,4-13H2,1-3H3. The van der Waals surface area contributed by atoms with Crippen LogP contribution in [-0.4, -0.2) is 10.7 Å². The van der Waals surface area contributed by atoms with E-state index in [2.05, 4.69) is 26.8 Å². The first-order valence-electron chi connectivity index (χ1n) is 8.50. The average Bonchev–Trinajstić information content (AvgIpc) is 2.42. The summed E-state index contributed by atoms with van der Waals surface area (Å²) < 4.78 is 0. The lowest BCUT2D eigenvalue weighted by Crippen LogP contribution is -2.52. The monoisotopic (exact) mass is 277 g/mol. The molecule has 0 aromatic heterocycles. The summed E-state index contributed by atoms with van der Waals surface area (Å²) in [5, 5.41) is 21.0. The molecule has 0 heterocycles. The molecule has 114 valence electrons. The van der Waals surface area contributed by atoms with E-state index in [1.165, 1.54) is 12.8 Å². The Balaban J connectivity index is 2.07. The third kappa shape index (κ3) is 2.89. The van der Waals surface area contributed by atoms with Gasteiger partial charge in [-0.25, -0.2) is 0 Å². The van der Waals surface area contributed by atoms with Crippen molar-refractivity contribution in [2.75, 3.05) is 0 Å². The Labute approximate surface area is 124 Å². The Morgan fingerprint density at radius 2 is 1.60 bits per heavy atom. The predicted molar refractivity (Wildman–Crippen MR) is 82.1 cm³/mol. The van der Waals surface area contributed by atoms with Crippen LogP contribution in [0.2, 0.25) is 0 Å². The van der Waals surface area contributed by atoms with Gasteiger partial charge >= 0.3 is 0 Å². The van der Waals surface area contributed by atoms with Crippen LogP contribution in [0.4, 0.5) is 0 Å². The molecule has 0 aromatic rings. The number of nitriles is 1. The fourth-order valence-corrected chi connectivity index (χ4v) is 4.37. The number of nitrogens with zero attached hydrogens (tertiary/aromatic N) is 1. The Hall–Kier alpha value is -0.550. The average molecular weight is 277 g/mol. The second-order valence-corrected chi connectivity index (χ2v) is 8.12. The van der Waals surface area contributed by atoms with E-state index in [4.69, 9.17) is 0 Å². The minimum atomic E-state index is -0.720. The molecule has 2 heteroatoms. The van der Waals surface area contributed by atoms with Crippen LogP contribution in [0, 0.1) is 28.1 Å². The molecular weight excluding hydrogens is 246 g/mol. The van der Waals surface area contributed by atoms with Gasteiger partial charge in [0.1, 0.15) is 0 Å². The summed E-state index contributed by atoms with van der Waals surface area (Å²) in [5.74, 6) is 0.774. The van der Waals surface area contributed by atoms with E-state index >= 15 is 0 Å². The third-order valence-electron chi connectivity index (χ3n) is 6.19. The summed E-state index contributed by atoms with van der Waals surface area (Å²) in [5.41, 5.74) is -0.849. The fourth-order valence-electron chi connectivity index (χ4n) is 4.37. The first-order valence-corrected chi connectivity index (χ1v) is 8.50. The maximum absolute atomic E-state index is 11.2. The van der Waals surface area contributed by atoms with Gasteiger partial charge in [0.2, 0.25) is 0 Å². The SMILES string of the molecule is CCCC1CCC(O)(C2(C#N)CCC(C)(C)CC2)CC1. The summed E-state index contributed by atoms with van der Waals surface area (Å²) in [6.45, 7) is 6.81. The van der Waals surface area contributed by atoms with Gasteiger partial charge in [-0.05, 0) is 62.7 Å². The summed E-state index contributed by atoms with van der Waals surface area (Å²) >= 11 is 0. The van der Waals surface area contributed by atoms with Gasteiger partial charge in [-0.15, -0.1) is 0 Å². The highest BCUT2D eigenvalue weighted by Gasteiger charge is 2.54. The number of hydrogen-bond donors (Lipinski definition) is 1. The van der Waals surface area contributed by atoms with Crippen molar-refractivity contribution in [3.05, 3.63) is 0 Å². The molecule has 0 atom stereocenters. The van der Waals surface area contributed by atoms with Crippen LogP contribution >= 0.6 is 0 Å². The molecule has 0 radical (unpaired) electrons. The molecule has 0 amide bonds. The zero-order valence-electron chi connectivity index (χ0n) is 13.5. The second kappa shape index (κ2) is 5.68.